The third kappa shape index (κ3) is 3.07. The molecule has 0 spiro atoms. The van der Waals surface area contributed by atoms with Crippen LogP contribution in [-0.4, -0.2) is 54.4 Å². The number of aryl methyl sites for hydroxylation is 2. The van der Waals surface area contributed by atoms with Crippen molar-refractivity contribution in [1.82, 2.24) is 24.1 Å². The van der Waals surface area contributed by atoms with Gasteiger partial charge in [-0.1, -0.05) is 0 Å². The van der Waals surface area contributed by atoms with Gasteiger partial charge in [-0.2, -0.15) is 14.5 Å². The Labute approximate surface area is 179 Å². The number of ether oxygens (including phenoxy) is 1. The van der Waals surface area contributed by atoms with Crippen LogP contribution < -0.4 is 16.2 Å². The molecular formula is C19H19N7O4S. The van der Waals surface area contributed by atoms with Crippen molar-refractivity contribution in [3.8, 4) is 0 Å². The molecule has 31 heavy (non-hydrogen) atoms. The number of anilines is 2. The number of amides is 1. The summed E-state index contributed by atoms with van der Waals surface area (Å²) < 4.78 is 11.9. The highest BCUT2D eigenvalue weighted by Gasteiger charge is 2.38. The molecule has 11 nitrogen and oxygen atoms in total. The smallest absolute Gasteiger partial charge is 0.282 e. The Morgan fingerprint density at radius 1 is 1.39 bits per heavy atom. The van der Waals surface area contributed by atoms with E-state index in [4.69, 9.17) is 10.5 Å². The molecule has 0 bridgehead atoms. The summed E-state index contributed by atoms with van der Waals surface area (Å²) in [5.74, 6) is 0.323. The number of nitrogens with zero attached hydrogens (tertiary/aromatic N) is 5. The van der Waals surface area contributed by atoms with E-state index in [1.165, 1.54) is 4.90 Å². The van der Waals surface area contributed by atoms with Crippen LogP contribution >= 0.6 is 11.5 Å². The molecule has 1 amide bonds. The van der Waals surface area contributed by atoms with Crippen LogP contribution in [0.15, 0.2) is 23.0 Å². The number of carbonyl (C=O) groups excluding carboxylic acids is 1. The Morgan fingerprint density at radius 3 is 2.94 bits per heavy atom. The van der Waals surface area contributed by atoms with E-state index < -0.39 is 23.7 Å². The Hall–Kier alpha value is -3.35. The first-order valence-corrected chi connectivity index (χ1v) is 10.3. The topological polar surface area (TPSA) is 152 Å². The minimum absolute atomic E-state index is 0.0493. The Morgan fingerprint density at radius 2 is 2.19 bits per heavy atom. The normalized spacial score (nSPS) is 18.2. The highest BCUT2D eigenvalue weighted by Crippen LogP contribution is 2.30. The molecule has 0 radical (unpaired) electrons. The maximum Gasteiger partial charge on any atom is 0.282 e. The van der Waals surface area contributed by atoms with E-state index in [0.717, 1.165) is 17.2 Å². The lowest BCUT2D eigenvalue weighted by atomic mass is 10.1. The number of aromatic amines is 1. The van der Waals surface area contributed by atoms with Crippen LogP contribution in [0.1, 0.15) is 17.6 Å². The number of morpholine rings is 1. The van der Waals surface area contributed by atoms with Gasteiger partial charge in [0.05, 0.1) is 28.8 Å². The molecule has 4 N–H and O–H groups in total. The van der Waals surface area contributed by atoms with Crippen LogP contribution in [-0.2, 0) is 16.6 Å². The maximum atomic E-state index is 13.0. The first kappa shape index (κ1) is 19.6. The Balaban J connectivity index is 1.51. The number of benzene rings is 1. The number of nitrogens with one attached hydrogen (secondary N) is 1. The molecule has 1 aromatic carbocycles. The highest BCUT2D eigenvalue weighted by molar-refractivity contribution is 7.14. The first-order valence-electron chi connectivity index (χ1n) is 9.54. The first-order chi connectivity index (χ1) is 14.8. The van der Waals surface area contributed by atoms with E-state index in [0.29, 0.717) is 39.2 Å². The second kappa shape index (κ2) is 7.11. The van der Waals surface area contributed by atoms with Crippen molar-refractivity contribution in [3.63, 3.8) is 0 Å². The summed E-state index contributed by atoms with van der Waals surface area (Å²) in [7, 11) is 1.79. The van der Waals surface area contributed by atoms with Crippen molar-refractivity contribution < 1.29 is 14.6 Å². The van der Waals surface area contributed by atoms with Crippen molar-refractivity contribution in [2.45, 2.75) is 19.1 Å². The molecule has 1 aliphatic heterocycles. The summed E-state index contributed by atoms with van der Waals surface area (Å²) >= 11 is 1.11. The van der Waals surface area contributed by atoms with Gasteiger partial charge in [0.2, 0.25) is 0 Å². The standard InChI is InChI=1S/C19H19N7O4S/c1-8-7-11(23-25(8)2)26-5-6-30-14(19(26)29)13(27)17-21-10-4-3-9-15(31-24-16(9)20)12(10)18(28)22-17/h3-4,7,13-14,27H,5-6H2,1-2H3,(H2,20,24)(H,21,22,28)/t13-,14?/m1/s1. The quantitative estimate of drug-likeness (QED) is 0.418. The number of aliphatic hydroxyl groups is 1. The molecule has 1 aliphatic rings. The Kier molecular flexibility index (Phi) is 4.50. The molecule has 160 valence electrons. The third-order valence-electron chi connectivity index (χ3n) is 5.43. The SMILES string of the molecule is Cc1cc(N2CCOC([C@@H](O)c3nc(=O)c4c(ccc5c(N)nsc54)[nH]3)C2=O)nn1C. The average molecular weight is 441 g/mol. The van der Waals surface area contributed by atoms with Crippen molar-refractivity contribution in [1.29, 1.82) is 0 Å². The van der Waals surface area contributed by atoms with E-state index in [1.54, 1.807) is 29.9 Å². The molecule has 1 unspecified atom stereocenters. The number of H-pyrrole nitrogens is 1. The zero-order valence-corrected chi connectivity index (χ0v) is 17.5. The van der Waals surface area contributed by atoms with E-state index in [-0.39, 0.29) is 12.4 Å². The summed E-state index contributed by atoms with van der Waals surface area (Å²) in [5, 5.41) is 16.2. The second-order valence-electron chi connectivity index (χ2n) is 7.35. The van der Waals surface area contributed by atoms with Crippen molar-refractivity contribution in [2.75, 3.05) is 23.8 Å². The fourth-order valence-electron chi connectivity index (χ4n) is 3.69. The van der Waals surface area contributed by atoms with Crippen LogP contribution in [0.3, 0.4) is 0 Å². The zero-order valence-electron chi connectivity index (χ0n) is 16.7. The molecule has 12 heteroatoms. The van der Waals surface area contributed by atoms with E-state index >= 15 is 0 Å². The maximum absolute atomic E-state index is 13.0. The fourth-order valence-corrected chi connectivity index (χ4v) is 4.54. The van der Waals surface area contributed by atoms with Gasteiger partial charge in [-0.3, -0.25) is 19.2 Å². The molecule has 5 rings (SSSR count). The van der Waals surface area contributed by atoms with Gasteiger partial charge in [-0.25, -0.2) is 0 Å². The molecular weight excluding hydrogens is 422 g/mol. The van der Waals surface area contributed by atoms with Gasteiger partial charge >= 0.3 is 0 Å². The number of fused-ring (bicyclic) bond motifs is 3. The number of nitrogens with two attached hydrogens (primary N) is 1. The van der Waals surface area contributed by atoms with E-state index in [2.05, 4.69) is 19.4 Å². The summed E-state index contributed by atoms with van der Waals surface area (Å²) in [6.45, 7) is 2.40. The van der Waals surface area contributed by atoms with Gasteiger partial charge in [-0.05, 0) is 30.6 Å². The van der Waals surface area contributed by atoms with Gasteiger partial charge in [0.25, 0.3) is 11.5 Å². The largest absolute Gasteiger partial charge is 0.382 e. The van der Waals surface area contributed by atoms with E-state index in [9.17, 15) is 14.7 Å². The molecule has 3 aromatic heterocycles. The average Bonchev–Trinajstić information content (AvgIpc) is 3.29. The summed E-state index contributed by atoms with van der Waals surface area (Å²) in [6.07, 6.45) is -2.68. The van der Waals surface area contributed by atoms with Gasteiger partial charge in [0, 0.05) is 24.2 Å². The predicted molar refractivity (Wildman–Crippen MR) is 115 cm³/mol. The molecule has 1 fully saturated rings. The highest BCUT2D eigenvalue weighted by atomic mass is 32.1. The number of hydrogen-bond donors (Lipinski definition) is 3. The molecule has 4 heterocycles. The lowest BCUT2D eigenvalue weighted by Crippen LogP contribution is -2.50. The molecule has 0 aliphatic carbocycles. The number of nitrogen functional groups attached to an aromatic ring is 1. The predicted octanol–water partition coefficient (Wildman–Crippen LogP) is 0.622. The molecule has 1 saturated heterocycles. The minimum Gasteiger partial charge on any atom is -0.382 e. The minimum atomic E-state index is -1.46. The molecule has 0 saturated carbocycles. The monoisotopic (exact) mass is 441 g/mol. The summed E-state index contributed by atoms with van der Waals surface area (Å²) in [6, 6.07) is 5.21. The number of hydrogen-bond acceptors (Lipinski definition) is 9. The summed E-state index contributed by atoms with van der Waals surface area (Å²) in [4.78, 5) is 34.2. The van der Waals surface area contributed by atoms with Crippen molar-refractivity contribution >= 4 is 50.1 Å². The van der Waals surface area contributed by atoms with Crippen molar-refractivity contribution in [3.05, 3.63) is 40.1 Å². The molecule has 2 atom stereocenters. The Bertz CT molecular complexity index is 1370. The van der Waals surface area contributed by atoms with Crippen LogP contribution in [0.5, 0.6) is 0 Å². The number of carbonyl (C=O) groups is 1. The fraction of sp³-hybridized carbons (Fsp3) is 0.316. The van der Waals surface area contributed by atoms with Crippen LogP contribution in [0, 0.1) is 6.92 Å². The van der Waals surface area contributed by atoms with Crippen LogP contribution in [0.25, 0.3) is 21.0 Å². The summed E-state index contributed by atoms with van der Waals surface area (Å²) in [5.41, 5.74) is 6.65. The third-order valence-corrected chi connectivity index (χ3v) is 6.33. The van der Waals surface area contributed by atoms with Crippen LogP contribution in [0.2, 0.25) is 0 Å². The number of rotatable bonds is 3. The van der Waals surface area contributed by atoms with Crippen LogP contribution in [0.4, 0.5) is 11.6 Å². The lowest BCUT2D eigenvalue weighted by Gasteiger charge is -2.32. The van der Waals surface area contributed by atoms with Gasteiger partial charge in [-0.15, -0.1) is 0 Å². The van der Waals surface area contributed by atoms with Gasteiger partial charge in [0.15, 0.2) is 11.9 Å². The van der Waals surface area contributed by atoms with Gasteiger partial charge < -0.3 is 20.6 Å². The second-order valence-corrected chi connectivity index (χ2v) is 8.13. The molecule has 4 aromatic rings. The number of aliphatic hydroxyl groups excluding tert-OH is 1. The van der Waals surface area contributed by atoms with Crippen molar-refractivity contribution in [2.24, 2.45) is 7.05 Å². The van der Waals surface area contributed by atoms with Gasteiger partial charge in [0.1, 0.15) is 17.7 Å². The number of aromatic nitrogens is 5. The van der Waals surface area contributed by atoms with E-state index in [1.807, 2.05) is 6.92 Å². The lowest BCUT2D eigenvalue weighted by molar-refractivity contribution is -0.143. The zero-order chi connectivity index (χ0) is 21.9.